The molecule has 33 heavy (non-hydrogen) atoms. The van der Waals surface area contributed by atoms with Gasteiger partial charge in [-0.15, -0.1) is 0 Å². The van der Waals surface area contributed by atoms with Crippen LogP contribution in [-0.2, 0) is 0 Å². The van der Waals surface area contributed by atoms with Crippen LogP contribution in [0.2, 0.25) is 0 Å². The predicted molar refractivity (Wildman–Crippen MR) is 123 cm³/mol. The fourth-order valence-corrected chi connectivity index (χ4v) is 4.65. The zero-order valence-electron chi connectivity index (χ0n) is 18.1. The van der Waals surface area contributed by atoms with E-state index in [0.29, 0.717) is 54.5 Å². The molecule has 2 aromatic heterocycles. The smallest absolute Gasteiger partial charge is 0.254 e. The minimum atomic E-state index is -0.0119. The maximum Gasteiger partial charge on any atom is 0.254 e. The highest BCUT2D eigenvalue weighted by molar-refractivity contribution is 5.95. The summed E-state index contributed by atoms with van der Waals surface area (Å²) in [5, 5.41) is 9.73. The van der Waals surface area contributed by atoms with Crippen molar-refractivity contribution in [1.29, 1.82) is 5.26 Å². The molecular weight excluding hydrogens is 418 g/mol. The number of hydrogen-bond donors (Lipinski definition) is 0. The van der Waals surface area contributed by atoms with Crippen LogP contribution in [0.15, 0.2) is 48.5 Å². The summed E-state index contributed by atoms with van der Waals surface area (Å²) in [5.41, 5.74) is 4.59. The van der Waals surface area contributed by atoms with Gasteiger partial charge in [-0.1, -0.05) is 12.1 Å². The standard InChI is InChI=1S/C25H21N5O3/c1-16-12-23(30-20-5-3-2-4-19(20)27-24(30)18(16)14-26)28-8-10-29(11-9-28)25(31)17-6-7-21-22(13-17)33-15-32-21/h2-7,12-13H,8-11,15H2,1H3. The monoisotopic (exact) mass is 439 g/mol. The molecule has 0 saturated carbocycles. The van der Waals surface area contributed by atoms with Crippen LogP contribution in [0.4, 0.5) is 5.82 Å². The summed E-state index contributed by atoms with van der Waals surface area (Å²) in [5.74, 6) is 2.26. The number of fused-ring (bicyclic) bond motifs is 4. The van der Waals surface area contributed by atoms with Crippen LogP contribution in [0.3, 0.4) is 0 Å². The minimum Gasteiger partial charge on any atom is -0.454 e. The summed E-state index contributed by atoms with van der Waals surface area (Å²) < 4.78 is 12.8. The van der Waals surface area contributed by atoms with Gasteiger partial charge in [0.15, 0.2) is 17.1 Å². The van der Waals surface area contributed by atoms with E-state index in [2.05, 4.69) is 21.4 Å². The number of ether oxygens (including phenoxy) is 2. The van der Waals surface area contributed by atoms with E-state index in [4.69, 9.17) is 14.5 Å². The number of piperazine rings is 1. The maximum atomic E-state index is 13.1. The Balaban J connectivity index is 1.30. The molecule has 1 fully saturated rings. The van der Waals surface area contributed by atoms with Gasteiger partial charge in [-0.25, -0.2) is 4.98 Å². The normalized spacial score (nSPS) is 15.3. The van der Waals surface area contributed by atoms with Crippen molar-refractivity contribution >= 4 is 28.4 Å². The number of pyridine rings is 1. The van der Waals surface area contributed by atoms with Gasteiger partial charge in [-0.2, -0.15) is 5.26 Å². The van der Waals surface area contributed by atoms with E-state index in [0.717, 1.165) is 22.4 Å². The van der Waals surface area contributed by atoms with Crippen LogP contribution >= 0.6 is 0 Å². The van der Waals surface area contributed by atoms with Gasteiger partial charge >= 0.3 is 0 Å². The lowest BCUT2D eigenvalue weighted by Crippen LogP contribution is -2.49. The summed E-state index contributed by atoms with van der Waals surface area (Å²) in [6.07, 6.45) is 0. The van der Waals surface area contributed by atoms with Crippen molar-refractivity contribution in [1.82, 2.24) is 14.3 Å². The van der Waals surface area contributed by atoms with E-state index >= 15 is 0 Å². The predicted octanol–water partition coefficient (Wildman–Crippen LogP) is 3.36. The van der Waals surface area contributed by atoms with Crippen LogP contribution in [0.25, 0.3) is 16.7 Å². The third-order valence-electron chi connectivity index (χ3n) is 6.38. The Morgan fingerprint density at radius 2 is 1.82 bits per heavy atom. The summed E-state index contributed by atoms with van der Waals surface area (Å²) in [6.45, 7) is 4.70. The summed E-state index contributed by atoms with van der Waals surface area (Å²) in [4.78, 5) is 22.0. The Morgan fingerprint density at radius 1 is 1.03 bits per heavy atom. The molecule has 2 aromatic carbocycles. The quantitative estimate of drug-likeness (QED) is 0.476. The van der Waals surface area contributed by atoms with E-state index in [1.807, 2.05) is 36.1 Å². The molecule has 4 aromatic rings. The lowest BCUT2D eigenvalue weighted by molar-refractivity contribution is 0.0746. The van der Waals surface area contributed by atoms with Gasteiger partial charge in [-0.05, 0) is 48.9 Å². The number of carbonyl (C=O) groups excluding carboxylic acids is 1. The average molecular weight is 439 g/mol. The number of nitriles is 1. The fourth-order valence-electron chi connectivity index (χ4n) is 4.65. The van der Waals surface area contributed by atoms with Gasteiger partial charge in [0.2, 0.25) is 6.79 Å². The third kappa shape index (κ3) is 3.04. The van der Waals surface area contributed by atoms with Crippen LogP contribution in [-0.4, -0.2) is 53.2 Å². The van der Waals surface area contributed by atoms with E-state index in [1.54, 1.807) is 18.2 Å². The molecule has 0 spiro atoms. The molecule has 0 atom stereocenters. The molecule has 0 bridgehead atoms. The van der Waals surface area contributed by atoms with Crippen molar-refractivity contribution in [3.8, 4) is 17.6 Å². The number of carbonyl (C=O) groups is 1. The Hall–Kier alpha value is -4.25. The maximum absolute atomic E-state index is 13.1. The number of anilines is 1. The zero-order chi connectivity index (χ0) is 22.5. The molecule has 0 radical (unpaired) electrons. The van der Waals surface area contributed by atoms with Gasteiger partial charge in [-0.3, -0.25) is 9.20 Å². The number of aromatic nitrogens is 2. The van der Waals surface area contributed by atoms with Gasteiger partial charge in [0, 0.05) is 31.7 Å². The molecule has 8 heteroatoms. The Morgan fingerprint density at radius 3 is 2.64 bits per heavy atom. The van der Waals surface area contributed by atoms with E-state index in [9.17, 15) is 10.1 Å². The summed E-state index contributed by atoms with van der Waals surface area (Å²) >= 11 is 0. The van der Waals surface area contributed by atoms with Crippen molar-refractivity contribution in [2.45, 2.75) is 6.92 Å². The van der Waals surface area contributed by atoms with Crippen LogP contribution in [0.5, 0.6) is 11.5 Å². The van der Waals surface area contributed by atoms with Gasteiger partial charge < -0.3 is 19.3 Å². The molecule has 0 unspecified atom stereocenters. The lowest BCUT2D eigenvalue weighted by atomic mass is 10.1. The van der Waals surface area contributed by atoms with Crippen molar-refractivity contribution in [3.63, 3.8) is 0 Å². The van der Waals surface area contributed by atoms with Crippen molar-refractivity contribution in [2.75, 3.05) is 37.9 Å². The first kappa shape index (κ1) is 19.4. The first-order valence-electron chi connectivity index (χ1n) is 10.9. The summed E-state index contributed by atoms with van der Waals surface area (Å²) in [7, 11) is 0. The number of aryl methyl sites for hydroxylation is 1. The van der Waals surface area contributed by atoms with Gasteiger partial charge in [0.05, 0.1) is 16.6 Å². The number of para-hydroxylation sites is 2. The first-order chi connectivity index (χ1) is 16.1. The molecule has 2 aliphatic rings. The number of hydrogen-bond acceptors (Lipinski definition) is 6. The minimum absolute atomic E-state index is 0.0119. The van der Waals surface area contributed by atoms with Crippen LogP contribution in [0, 0.1) is 18.3 Å². The zero-order valence-corrected chi connectivity index (χ0v) is 18.1. The molecule has 8 nitrogen and oxygen atoms in total. The molecule has 1 amide bonds. The van der Waals surface area contributed by atoms with E-state index in [-0.39, 0.29) is 12.7 Å². The highest BCUT2D eigenvalue weighted by atomic mass is 16.7. The highest BCUT2D eigenvalue weighted by Gasteiger charge is 2.26. The van der Waals surface area contributed by atoms with Crippen molar-refractivity contribution in [2.24, 2.45) is 0 Å². The number of nitrogens with zero attached hydrogens (tertiary/aromatic N) is 5. The average Bonchev–Trinajstić information content (AvgIpc) is 3.47. The van der Waals surface area contributed by atoms with E-state index in [1.165, 1.54) is 0 Å². The number of imidazole rings is 1. The van der Waals surface area contributed by atoms with Crippen molar-refractivity contribution < 1.29 is 14.3 Å². The second-order valence-electron chi connectivity index (χ2n) is 8.28. The number of benzene rings is 2. The number of rotatable bonds is 2. The molecule has 0 N–H and O–H groups in total. The Kier molecular flexibility index (Phi) is 4.37. The molecule has 6 rings (SSSR count). The summed E-state index contributed by atoms with van der Waals surface area (Å²) in [6, 6.07) is 17.6. The molecule has 164 valence electrons. The SMILES string of the molecule is Cc1cc(N2CCN(C(=O)c3ccc4c(c3)OCO4)CC2)n2c(nc3ccccc32)c1C#N. The second-order valence-corrected chi connectivity index (χ2v) is 8.28. The van der Waals surface area contributed by atoms with E-state index < -0.39 is 0 Å². The molecule has 2 aliphatic heterocycles. The molecular formula is C25H21N5O3. The van der Waals surface area contributed by atoms with Gasteiger partial charge in [0.1, 0.15) is 11.9 Å². The molecule has 1 saturated heterocycles. The second kappa shape index (κ2) is 7.41. The fraction of sp³-hybridized carbons (Fsp3) is 0.240. The Bertz CT molecular complexity index is 1460. The Labute approximate surface area is 190 Å². The lowest BCUT2D eigenvalue weighted by Gasteiger charge is -2.36. The first-order valence-corrected chi connectivity index (χ1v) is 10.9. The number of amides is 1. The van der Waals surface area contributed by atoms with Gasteiger partial charge in [0.25, 0.3) is 5.91 Å². The van der Waals surface area contributed by atoms with Crippen LogP contribution < -0.4 is 14.4 Å². The highest BCUT2D eigenvalue weighted by Crippen LogP contribution is 2.33. The molecule has 4 heterocycles. The van der Waals surface area contributed by atoms with Crippen molar-refractivity contribution in [3.05, 3.63) is 65.2 Å². The third-order valence-corrected chi connectivity index (χ3v) is 6.38. The topological polar surface area (TPSA) is 83.1 Å². The molecule has 0 aliphatic carbocycles. The van der Waals surface area contributed by atoms with Crippen LogP contribution in [0.1, 0.15) is 21.5 Å². The largest absolute Gasteiger partial charge is 0.454 e.